The van der Waals surface area contributed by atoms with Crippen LogP contribution in [0.2, 0.25) is 0 Å². The van der Waals surface area contributed by atoms with E-state index in [0.29, 0.717) is 0 Å². The van der Waals surface area contributed by atoms with Crippen molar-refractivity contribution in [2.45, 2.75) is 111 Å². The van der Waals surface area contributed by atoms with Gasteiger partial charge in [-0.15, -0.1) is 0 Å². The highest BCUT2D eigenvalue weighted by Gasteiger charge is 2.34. The maximum absolute atomic E-state index is 13.1. The first kappa shape index (κ1) is 22.1. The third-order valence-corrected chi connectivity index (χ3v) is 5.13. The smallest absolute Gasteiger partial charge is 0.284 e. The van der Waals surface area contributed by atoms with Gasteiger partial charge < -0.3 is 0 Å². The molecule has 0 amide bonds. The molecule has 0 aromatic heterocycles. The lowest BCUT2D eigenvalue weighted by Gasteiger charge is -2.28. The summed E-state index contributed by atoms with van der Waals surface area (Å²) in [6, 6.07) is 0. The fourth-order valence-corrected chi connectivity index (χ4v) is 4.30. The minimum atomic E-state index is -3.51. The van der Waals surface area contributed by atoms with Crippen LogP contribution in [0.25, 0.3) is 0 Å². The lowest BCUT2D eigenvalue weighted by atomic mass is 10.1. The molecular formula is C17H37O4P. The van der Waals surface area contributed by atoms with E-state index in [0.717, 1.165) is 51.4 Å². The van der Waals surface area contributed by atoms with Gasteiger partial charge in [0, 0.05) is 0 Å². The topological polar surface area (TPSA) is 44.8 Å². The molecule has 0 atom stereocenters. The highest BCUT2D eigenvalue weighted by molar-refractivity contribution is 7.48. The third kappa shape index (κ3) is 9.99. The maximum Gasteiger partial charge on any atom is 0.475 e. The third-order valence-electron chi connectivity index (χ3n) is 3.34. The van der Waals surface area contributed by atoms with E-state index in [2.05, 4.69) is 27.7 Å². The molecule has 5 heteroatoms. The van der Waals surface area contributed by atoms with Crippen molar-refractivity contribution >= 4 is 7.82 Å². The summed E-state index contributed by atoms with van der Waals surface area (Å²) in [6.07, 6.45) is 7.25. The SMILES string of the molecule is CCCC(CCC)OP(=O)(OC(C)C)OC(CCC)CCC. The lowest BCUT2D eigenvalue weighted by Crippen LogP contribution is -2.19. The second-order valence-electron chi connectivity index (χ2n) is 6.21. The van der Waals surface area contributed by atoms with Gasteiger partial charge in [0.1, 0.15) is 0 Å². The summed E-state index contributed by atoms with van der Waals surface area (Å²) in [7, 11) is -3.51. The first-order valence-corrected chi connectivity index (χ1v) is 10.5. The Bertz CT molecular complexity index is 273. The normalized spacial score (nSPS) is 12.8. The largest absolute Gasteiger partial charge is 0.475 e. The van der Waals surface area contributed by atoms with Crippen LogP contribution in [-0.2, 0) is 18.1 Å². The van der Waals surface area contributed by atoms with Gasteiger partial charge in [0.05, 0.1) is 18.3 Å². The van der Waals surface area contributed by atoms with Crippen LogP contribution >= 0.6 is 7.82 Å². The number of phosphoric ester groups is 1. The van der Waals surface area contributed by atoms with Crippen molar-refractivity contribution in [1.82, 2.24) is 0 Å². The van der Waals surface area contributed by atoms with Crippen LogP contribution in [-0.4, -0.2) is 18.3 Å². The van der Waals surface area contributed by atoms with Crippen LogP contribution in [0.4, 0.5) is 0 Å². The van der Waals surface area contributed by atoms with E-state index in [1.165, 1.54) is 0 Å². The van der Waals surface area contributed by atoms with E-state index in [9.17, 15) is 4.57 Å². The van der Waals surface area contributed by atoms with Crippen molar-refractivity contribution < 1.29 is 18.1 Å². The fourth-order valence-electron chi connectivity index (χ4n) is 2.49. The van der Waals surface area contributed by atoms with E-state index in [-0.39, 0.29) is 18.3 Å². The Kier molecular flexibility index (Phi) is 12.6. The molecule has 0 rings (SSSR count). The molecule has 0 fully saturated rings. The van der Waals surface area contributed by atoms with Crippen molar-refractivity contribution in [2.75, 3.05) is 0 Å². The first-order chi connectivity index (χ1) is 10.4. The van der Waals surface area contributed by atoms with Gasteiger partial charge in [-0.25, -0.2) is 4.57 Å². The second kappa shape index (κ2) is 12.5. The molecule has 0 radical (unpaired) electrons. The monoisotopic (exact) mass is 336 g/mol. The van der Waals surface area contributed by atoms with Crippen molar-refractivity contribution in [3.05, 3.63) is 0 Å². The predicted molar refractivity (Wildman–Crippen MR) is 93.2 cm³/mol. The van der Waals surface area contributed by atoms with Gasteiger partial charge in [-0.3, -0.25) is 13.6 Å². The molecule has 134 valence electrons. The number of phosphoric acid groups is 1. The fraction of sp³-hybridized carbons (Fsp3) is 1.00. The predicted octanol–water partition coefficient (Wildman–Crippen LogP) is 6.49. The van der Waals surface area contributed by atoms with Crippen LogP contribution < -0.4 is 0 Å². The summed E-state index contributed by atoms with van der Waals surface area (Å²) in [5.41, 5.74) is 0. The number of rotatable bonds is 14. The van der Waals surface area contributed by atoms with Crippen LogP contribution in [0.3, 0.4) is 0 Å². The zero-order valence-electron chi connectivity index (χ0n) is 15.5. The minimum Gasteiger partial charge on any atom is -0.284 e. The van der Waals surface area contributed by atoms with Crippen LogP contribution in [0.1, 0.15) is 92.9 Å². The van der Waals surface area contributed by atoms with Crippen LogP contribution in [0.5, 0.6) is 0 Å². The van der Waals surface area contributed by atoms with Crippen molar-refractivity contribution in [1.29, 1.82) is 0 Å². The zero-order valence-corrected chi connectivity index (χ0v) is 16.4. The summed E-state index contributed by atoms with van der Waals surface area (Å²) < 4.78 is 30.4. The van der Waals surface area contributed by atoms with Gasteiger partial charge in [-0.1, -0.05) is 53.4 Å². The number of hydrogen-bond donors (Lipinski definition) is 0. The van der Waals surface area contributed by atoms with Crippen molar-refractivity contribution in [3.8, 4) is 0 Å². The highest BCUT2D eigenvalue weighted by atomic mass is 31.2. The molecule has 0 aliphatic carbocycles. The first-order valence-electron chi connectivity index (χ1n) is 9.05. The van der Waals surface area contributed by atoms with Gasteiger partial charge in [0.15, 0.2) is 0 Å². The van der Waals surface area contributed by atoms with E-state index in [4.69, 9.17) is 13.6 Å². The molecule has 0 aliphatic heterocycles. The van der Waals surface area contributed by atoms with Crippen LogP contribution in [0.15, 0.2) is 0 Å². The standard InChI is InChI=1S/C17H37O4P/c1-7-11-16(12-8-2)20-22(18,19-15(5)6)21-17(13-9-3)14-10-4/h15-17H,7-14H2,1-6H3. The Morgan fingerprint density at radius 2 is 1.00 bits per heavy atom. The number of hydrogen-bond acceptors (Lipinski definition) is 4. The molecule has 4 nitrogen and oxygen atoms in total. The Balaban J connectivity index is 4.97. The maximum atomic E-state index is 13.1. The Hall–Kier alpha value is 0.110. The highest BCUT2D eigenvalue weighted by Crippen LogP contribution is 2.54. The summed E-state index contributed by atoms with van der Waals surface area (Å²) in [5.74, 6) is 0. The van der Waals surface area contributed by atoms with Gasteiger partial charge in [0.2, 0.25) is 0 Å². The summed E-state index contributed by atoms with van der Waals surface area (Å²) in [6.45, 7) is 12.2. The van der Waals surface area contributed by atoms with E-state index in [1.54, 1.807) is 0 Å². The van der Waals surface area contributed by atoms with E-state index in [1.807, 2.05) is 13.8 Å². The molecule has 0 bridgehead atoms. The van der Waals surface area contributed by atoms with Gasteiger partial charge >= 0.3 is 7.82 Å². The molecule has 0 saturated carbocycles. The molecule has 0 saturated heterocycles. The molecule has 0 aromatic carbocycles. The van der Waals surface area contributed by atoms with Gasteiger partial charge in [0.25, 0.3) is 0 Å². The van der Waals surface area contributed by atoms with Crippen molar-refractivity contribution in [3.63, 3.8) is 0 Å². The average molecular weight is 336 g/mol. The Morgan fingerprint density at radius 1 is 0.682 bits per heavy atom. The molecule has 0 heterocycles. The zero-order chi connectivity index (χ0) is 17.0. The van der Waals surface area contributed by atoms with Gasteiger partial charge in [-0.2, -0.15) is 0 Å². The molecule has 0 N–H and O–H groups in total. The second-order valence-corrected chi connectivity index (χ2v) is 7.74. The van der Waals surface area contributed by atoms with Crippen LogP contribution in [0, 0.1) is 0 Å². The van der Waals surface area contributed by atoms with E-state index >= 15 is 0 Å². The summed E-state index contributed by atoms with van der Waals surface area (Å²) in [4.78, 5) is 0. The van der Waals surface area contributed by atoms with Gasteiger partial charge in [-0.05, 0) is 39.5 Å². The molecule has 0 aliphatic rings. The summed E-state index contributed by atoms with van der Waals surface area (Å²) in [5, 5.41) is 0. The molecule has 0 spiro atoms. The Morgan fingerprint density at radius 3 is 1.23 bits per heavy atom. The Labute approximate surface area is 137 Å². The lowest BCUT2D eigenvalue weighted by molar-refractivity contribution is 0.0289. The van der Waals surface area contributed by atoms with Crippen molar-refractivity contribution in [2.24, 2.45) is 0 Å². The molecule has 22 heavy (non-hydrogen) atoms. The molecular weight excluding hydrogens is 299 g/mol. The molecule has 0 aromatic rings. The molecule has 0 unspecified atom stereocenters. The average Bonchev–Trinajstić information content (AvgIpc) is 2.38. The van der Waals surface area contributed by atoms with E-state index < -0.39 is 7.82 Å². The quantitative estimate of drug-likeness (QED) is 0.340. The minimum absolute atomic E-state index is 0.0523. The summed E-state index contributed by atoms with van der Waals surface area (Å²) >= 11 is 0.